The molecule has 100 valence electrons. The molecule has 0 aliphatic heterocycles. The average Bonchev–Trinajstić information content (AvgIpc) is 2.88. The Morgan fingerprint density at radius 2 is 1.80 bits per heavy atom. The van der Waals surface area contributed by atoms with Crippen LogP contribution in [0.1, 0.15) is 11.4 Å². The van der Waals surface area contributed by atoms with Crippen molar-refractivity contribution in [2.24, 2.45) is 0 Å². The topological polar surface area (TPSA) is 28.7 Å². The number of H-pyrrole nitrogens is 1. The maximum Gasteiger partial charge on any atom is 0.110 e. The molecule has 2 nitrogen and oxygen atoms in total. The van der Waals surface area contributed by atoms with Gasteiger partial charge in [0.2, 0.25) is 0 Å². The van der Waals surface area contributed by atoms with Gasteiger partial charge in [-0.15, -0.1) is 0 Å². The van der Waals surface area contributed by atoms with Crippen molar-refractivity contribution in [1.82, 2.24) is 9.97 Å². The molecule has 0 aliphatic carbocycles. The van der Waals surface area contributed by atoms with Crippen molar-refractivity contribution in [3.05, 3.63) is 75.1 Å². The Morgan fingerprint density at radius 1 is 1.00 bits per heavy atom. The maximum absolute atomic E-state index is 4.46. The highest BCUT2D eigenvalue weighted by Crippen LogP contribution is 2.29. The van der Waals surface area contributed by atoms with Crippen molar-refractivity contribution in [3.8, 4) is 11.3 Å². The molecule has 4 heteroatoms. The quantitative estimate of drug-likeness (QED) is 0.653. The Hall–Kier alpha value is -1.39. The van der Waals surface area contributed by atoms with E-state index in [1.54, 1.807) is 0 Å². The molecule has 0 unspecified atom stereocenters. The van der Waals surface area contributed by atoms with Gasteiger partial charge >= 0.3 is 0 Å². The fraction of sp³-hybridized carbons (Fsp3) is 0.0625. The van der Waals surface area contributed by atoms with Gasteiger partial charge < -0.3 is 4.98 Å². The lowest BCUT2D eigenvalue weighted by Crippen LogP contribution is -1.90. The summed E-state index contributed by atoms with van der Waals surface area (Å²) in [5.41, 5.74) is 3.39. The number of imidazole rings is 1. The van der Waals surface area contributed by atoms with Crippen LogP contribution >= 0.6 is 31.9 Å². The number of nitrogens with zero attached hydrogens (tertiary/aromatic N) is 1. The second kappa shape index (κ2) is 5.94. The first-order valence-electron chi connectivity index (χ1n) is 6.25. The Kier molecular flexibility index (Phi) is 4.03. The zero-order valence-corrected chi connectivity index (χ0v) is 13.8. The molecule has 0 aliphatic rings. The number of rotatable bonds is 3. The highest BCUT2D eigenvalue weighted by atomic mass is 79.9. The molecule has 0 amide bonds. The summed E-state index contributed by atoms with van der Waals surface area (Å²) in [6.45, 7) is 0. The molecule has 0 fully saturated rings. The molecule has 3 aromatic rings. The van der Waals surface area contributed by atoms with Crippen LogP contribution in [0.15, 0.2) is 63.7 Å². The summed E-state index contributed by atoms with van der Waals surface area (Å²) in [5.74, 6) is 0.973. The molecule has 1 aromatic heterocycles. The van der Waals surface area contributed by atoms with Crippen LogP contribution in [0.4, 0.5) is 0 Å². The molecule has 2 aromatic carbocycles. The van der Waals surface area contributed by atoms with Crippen LogP contribution < -0.4 is 0 Å². The number of nitrogens with one attached hydrogen (secondary N) is 1. The van der Waals surface area contributed by atoms with Crippen molar-refractivity contribution in [2.75, 3.05) is 0 Å². The van der Waals surface area contributed by atoms with Gasteiger partial charge in [-0.2, -0.15) is 0 Å². The molecule has 20 heavy (non-hydrogen) atoms. The second-order valence-corrected chi connectivity index (χ2v) is 6.30. The Balaban J connectivity index is 1.87. The molecule has 0 atom stereocenters. The Labute approximate surface area is 134 Å². The normalized spacial score (nSPS) is 10.7. The van der Waals surface area contributed by atoms with Crippen LogP contribution in [0.2, 0.25) is 0 Å². The van der Waals surface area contributed by atoms with Gasteiger partial charge in [-0.1, -0.05) is 68.3 Å². The third-order valence-corrected chi connectivity index (χ3v) is 4.21. The van der Waals surface area contributed by atoms with Gasteiger partial charge in [0.15, 0.2) is 0 Å². The van der Waals surface area contributed by atoms with E-state index >= 15 is 0 Å². The van der Waals surface area contributed by atoms with Crippen LogP contribution in [0.3, 0.4) is 0 Å². The Bertz CT molecular complexity index is 720. The first-order chi connectivity index (χ1) is 9.72. The summed E-state index contributed by atoms with van der Waals surface area (Å²) in [7, 11) is 0. The predicted molar refractivity (Wildman–Crippen MR) is 88.7 cm³/mol. The Morgan fingerprint density at radius 3 is 2.55 bits per heavy atom. The minimum Gasteiger partial charge on any atom is -0.342 e. The lowest BCUT2D eigenvalue weighted by molar-refractivity contribution is 1.03. The van der Waals surface area contributed by atoms with Crippen LogP contribution in [0.25, 0.3) is 11.3 Å². The lowest BCUT2D eigenvalue weighted by atomic mass is 10.1. The van der Waals surface area contributed by atoms with E-state index in [-0.39, 0.29) is 0 Å². The van der Waals surface area contributed by atoms with Gasteiger partial charge in [0.05, 0.1) is 11.9 Å². The van der Waals surface area contributed by atoms with Gasteiger partial charge in [-0.25, -0.2) is 4.98 Å². The van der Waals surface area contributed by atoms with Crippen LogP contribution in [-0.2, 0) is 6.42 Å². The molecule has 0 saturated carbocycles. The zero-order valence-electron chi connectivity index (χ0n) is 10.6. The molecule has 0 radical (unpaired) electrons. The highest BCUT2D eigenvalue weighted by molar-refractivity contribution is 9.11. The number of halogens is 2. The molecule has 0 saturated heterocycles. The van der Waals surface area contributed by atoms with Gasteiger partial charge in [0.1, 0.15) is 5.82 Å². The van der Waals surface area contributed by atoms with Crippen molar-refractivity contribution in [2.45, 2.75) is 6.42 Å². The number of aromatic nitrogens is 2. The molecule has 1 heterocycles. The van der Waals surface area contributed by atoms with Crippen molar-refractivity contribution < 1.29 is 0 Å². The molecular formula is C16H12Br2N2. The minimum atomic E-state index is 0.814. The number of hydrogen-bond acceptors (Lipinski definition) is 1. The summed E-state index contributed by atoms with van der Waals surface area (Å²) in [6.07, 6.45) is 2.70. The van der Waals surface area contributed by atoms with E-state index in [4.69, 9.17) is 0 Å². The lowest BCUT2D eigenvalue weighted by Gasteiger charge is -2.02. The minimum absolute atomic E-state index is 0.814. The average molecular weight is 392 g/mol. The molecule has 0 bridgehead atoms. The third-order valence-electron chi connectivity index (χ3n) is 3.06. The molecule has 0 spiro atoms. The van der Waals surface area contributed by atoms with Crippen LogP contribution in [0, 0.1) is 0 Å². The summed E-state index contributed by atoms with van der Waals surface area (Å²) >= 11 is 7.04. The molecule has 1 N–H and O–H groups in total. The van der Waals surface area contributed by atoms with Crippen molar-refractivity contribution >= 4 is 31.9 Å². The standard InChI is InChI=1S/C16H12Br2N2/c17-12-6-7-13(14(18)9-12)15-10-19-16(20-15)8-11-4-2-1-3-5-11/h1-7,9-10H,8H2,(H,19,20). The van der Waals surface area contributed by atoms with Crippen molar-refractivity contribution in [1.29, 1.82) is 0 Å². The smallest absolute Gasteiger partial charge is 0.110 e. The van der Waals surface area contributed by atoms with Gasteiger partial charge in [0, 0.05) is 20.9 Å². The van der Waals surface area contributed by atoms with E-state index in [2.05, 4.69) is 60.0 Å². The second-order valence-electron chi connectivity index (χ2n) is 4.53. The van der Waals surface area contributed by atoms with Crippen molar-refractivity contribution in [3.63, 3.8) is 0 Å². The zero-order chi connectivity index (χ0) is 13.9. The molecular weight excluding hydrogens is 380 g/mol. The van der Waals surface area contributed by atoms with E-state index in [1.807, 2.05) is 36.5 Å². The summed E-state index contributed by atoms with van der Waals surface area (Å²) in [4.78, 5) is 7.85. The van der Waals surface area contributed by atoms with Crippen LogP contribution in [0.5, 0.6) is 0 Å². The first kappa shape index (κ1) is 13.6. The third kappa shape index (κ3) is 3.02. The predicted octanol–water partition coefficient (Wildman–Crippen LogP) is 5.19. The largest absolute Gasteiger partial charge is 0.342 e. The summed E-state index contributed by atoms with van der Waals surface area (Å²) < 4.78 is 2.10. The number of hydrogen-bond donors (Lipinski definition) is 1. The van der Waals surface area contributed by atoms with Gasteiger partial charge in [0.25, 0.3) is 0 Å². The monoisotopic (exact) mass is 390 g/mol. The fourth-order valence-electron chi connectivity index (χ4n) is 2.09. The van der Waals surface area contributed by atoms with E-state index in [0.29, 0.717) is 0 Å². The SMILES string of the molecule is Brc1ccc(-c2cnc(Cc3ccccc3)[nH]2)c(Br)c1. The number of aromatic amines is 1. The van der Waals surface area contributed by atoms with E-state index in [1.165, 1.54) is 5.56 Å². The number of benzene rings is 2. The fourth-order valence-corrected chi connectivity index (χ4v) is 3.35. The van der Waals surface area contributed by atoms with Gasteiger partial charge in [-0.3, -0.25) is 0 Å². The molecule has 3 rings (SSSR count). The maximum atomic E-state index is 4.46. The van der Waals surface area contributed by atoms with E-state index in [9.17, 15) is 0 Å². The summed E-state index contributed by atoms with van der Waals surface area (Å²) in [5, 5.41) is 0. The highest BCUT2D eigenvalue weighted by Gasteiger charge is 2.07. The first-order valence-corrected chi connectivity index (χ1v) is 7.84. The van der Waals surface area contributed by atoms with E-state index < -0.39 is 0 Å². The summed E-state index contributed by atoms with van der Waals surface area (Å²) in [6, 6.07) is 16.5. The van der Waals surface area contributed by atoms with Gasteiger partial charge in [-0.05, 0) is 17.7 Å². The van der Waals surface area contributed by atoms with Crippen LogP contribution in [-0.4, -0.2) is 9.97 Å². The van der Waals surface area contributed by atoms with E-state index in [0.717, 1.165) is 32.4 Å².